The standard InChI is InChI=1S/C21H25N7O4/c1-22-14-9-17-25-16-7-12(8-18(26-16)31-6-5-30-2)10-32-15-4-3-13(15)24-21(29)28-11-23-19(14)20(28)27-17/h7-9,11,13,15H,3-6,10H2,1-2H3,(H,24,29)(H2,22,25,26,27)/t13-,15-/m1/s1. The number of methoxy groups -OCH3 is 1. The van der Waals surface area contributed by atoms with Crippen molar-refractivity contribution in [1.82, 2.24) is 24.8 Å². The zero-order valence-corrected chi connectivity index (χ0v) is 17.9. The van der Waals surface area contributed by atoms with E-state index in [0.717, 1.165) is 24.1 Å². The molecule has 3 N–H and O–H groups in total. The van der Waals surface area contributed by atoms with Crippen LogP contribution in [0.1, 0.15) is 18.4 Å². The third-order valence-corrected chi connectivity index (χ3v) is 5.63. The normalized spacial score (nSPS) is 20.0. The lowest BCUT2D eigenvalue weighted by atomic mass is 9.89. The molecule has 3 aromatic heterocycles. The Morgan fingerprint density at radius 2 is 2.09 bits per heavy atom. The summed E-state index contributed by atoms with van der Waals surface area (Å²) in [5.41, 5.74) is 2.70. The largest absolute Gasteiger partial charge is 0.475 e. The zero-order chi connectivity index (χ0) is 22.1. The van der Waals surface area contributed by atoms with Gasteiger partial charge in [-0.1, -0.05) is 0 Å². The number of imidazole rings is 1. The van der Waals surface area contributed by atoms with E-state index in [0.29, 0.717) is 48.5 Å². The van der Waals surface area contributed by atoms with Crippen molar-refractivity contribution in [3.05, 3.63) is 30.1 Å². The molecule has 11 heteroatoms. The molecule has 168 valence electrons. The number of hydrogen-bond acceptors (Lipinski definition) is 9. The van der Waals surface area contributed by atoms with Crippen molar-refractivity contribution in [2.24, 2.45) is 0 Å². The summed E-state index contributed by atoms with van der Waals surface area (Å²) < 4.78 is 18.3. The molecular weight excluding hydrogens is 414 g/mol. The summed E-state index contributed by atoms with van der Waals surface area (Å²) in [6.07, 6.45) is 3.17. The van der Waals surface area contributed by atoms with E-state index in [4.69, 9.17) is 14.2 Å². The molecule has 1 aliphatic carbocycles. The van der Waals surface area contributed by atoms with Gasteiger partial charge in [0.15, 0.2) is 5.65 Å². The lowest BCUT2D eigenvalue weighted by Crippen LogP contribution is -2.52. The van der Waals surface area contributed by atoms with Crippen molar-refractivity contribution in [1.29, 1.82) is 0 Å². The number of pyridine rings is 2. The predicted octanol–water partition coefficient (Wildman–Crippen LogP) is 2.26. The smallest absolute Gasteiger partial charge is 0.328 e. The molecule has 2 aliphatic rings. The van der Waals surface area contributed by atoms with Crippen LogP contribution in [0.3, 0.4) is 0 Å². The molecule has 32 heavy (non-hydrogen) atoms. The van der Waals surface area contributed by atoms with Crippen LogP contribution in [0, 0.1) is 0 Å². The first-order chi connectivity index (χ1) is 15.6. The molecule has 3 aromatic rings. The molecule has 0 radical (unpaired) electrons. The Labute approximate surface area is 184 Å². The lowest BCUT2D eigenvalue weighted by Gasteiger charge is -2.36. The summed E-state index contributed by atoms with van der Waals surface area (Å²) in [5, 5.41) is 9.39. The Hall–Kier alpha value is -3.44. The topological polar surface area (TPSA) is 124 Å². The van der Waals surface area contributed by atoms with E-state index in [1.165, 1.54) is 10.9 Å². The van der Waals surface area contributed by atoms with E-state index in [2.05, 4.69) is 30.9 Å². The van der Waals surface area contributed by atoms with Gasteiger partial charge in [0, 0.05) is 26.3 Å². The number of rotatable bonds is 5. The molecular formula is C21H25N7O4. The maximum Gasteiger partial charge on any atom is 0.328 e. The van der Waals surface area contributed by atoms with Crippen LogP contribution in [0.25, 0.3) is 11.2 Å². The molecule has 4 bridgehead atoms. The Morgan fingerprint density at radius 3 is 2.88 bits per heavy atom. The Morgan fingerprint density at radius 1 is 1.22 bits per heavy atom. The molecule has 1 fully saturated rings. The van der Waals surface area contributed by atoms with Gasteiger partial charge in [-0.2, -0.15) is 4.98 Å². The van der Waals surface area contributed by atoms with Crippen molar-refractivity contribution in [2.75, 3.05) is 38.0 Å². The summed E-state index contributed by atoms with van der Waals surface area (Å²) in [5.74, 6) is 1.55. The summed E-state index contributed by atoms with van der Waals surface area (Å²) >= 11 is 0. The quantitative estimate of drug-likeness (QED) is 0.513. The minimum absolute atomic E-state index is 0.0597. The minimum Gasteiger partial charge on any atom is -0.475 e. The second-order valence-electron chi connectivity index (χ2n) is 7.74. The molecule has 2 atom stereocenters. The van der Waals surface area contributed by atoms with Crippen LogP contribution in [-0.2, 0) is 16.1 Å². The molecule has 5 rings (SSSR count). The van der Waals surface area contributed by atoms with Gasteiger partial charge >= 0.3 is 6.03 Å². The first kappa shape index (κ1) is 20.5. The average Bonchev–Trinajstić information content (AvgIpc) is 3.20. The number of aromatic nitrogens is 4. The lowest BCUT2D eigenvalue weighted by molar-refractivity contribution is -0.0324. The summed E-state index contributed by atoms with van der Waals surface area (Å²) in [7, 11) is 3.42. The second kappa shape index (κ2) is 8.60. The van der Waals surface area contributed by atoms with Gasteiger partial charge in [0.2, 0.25) is 5.88 Å². The van der Waals surface area contributed by atoms with E-state index in [1.54, 1.807) is 14.2 Å². The second-order valence-corrected chi connectivity index (χ2v) is 7.74. The number of ether oxygens (including phenoxy) is 3. The van der Waals surface area contributed by atoms with Crippen molar-refractivity contribution < 1.29 is 19.0 Å². The third-order valence-electron chi connectivity index (χ3n) is 5.63. The number of hydrogen-bond donors (Lipinski definition) is 3. The van der Waals surface area contributed by atoms with E-state index in [1.807, 2.05) is 18.2 Å². The van der Waals surface area contributed by atoms with Crippen LogP contribution in [0.2, 0.25) is 0 Å². The number of fused-ring (bicyclic) bond motifs is 4. The molecule has 0 unspecified atom stereocenters. The molecule has 0 saturated heterocycles. The Bertz CT molecular complexity index is 1150. The van der Waals surface area contributed by atoms with E-state index in [-0.39, 0.29) is 18.2 Å². The van der Waals surface area contributed by atoms with Gasteiger partial charge in [0.25, 0.3) is 0 Å². The van der Waals surface area contributed by atoms with Gasteiger partial charge in [0.1, 0.15) is 30.1 Å². The minimum atomic E-state index is -0.278. The van der Waals surface area contributed by atoms with Crippen LogP contribution in [0.4, 0.5) is 22.1 Å². The fourth-order valence-corrected chi connectivity index (χ4v) is 3.80. The number of nitrogens with zero attached hydrogens (tertiary/aromatic N) is 4. The van der Waals surface area contributed by atoms with Crippen molar-refractivity contribution in [2.45, 2.75) is 31.6 Å². The highest BCUT2D eigenvalue weighted by molar-refractivity contribution is 5.94. The molecule has 1 amide bonds. The van der Waals surface area contributed by atoms with Crippen molar-refractivity contribution >= 4 is 34.5 Å². The summed E-state index contributed by atoms with van der Waals surface area (Å²) in [4.78, 5) is 26.5. The number of nitrogens with one attached hydrogen (secondary N) is 3. The van der Waals surface area contributed by atoms with Gasteiger partial charge < -0.3 is 30.2 Å². The van der Waals surface area contributed by atoms with E-state index in [9.17, 15) is 4.79 Å². The number of anilines is 3. The van der Waals surface area contributed by atoms with Crippen LogP contribution in [0.5, 0.6) is 5.88 Å². The fourth-order valence-electron chi connectivity index (χ4n) is 3.80. The predicted molar refractivity (Wildman–Crippen MR) is 117 cm³/mol. The SMILES string of the molecule is CNc1cc2nc3c1ncn3C(=O)N[C@@H]1CC[C@H]1OCc1cc(nc(OCCOC)c1)N2. The summed E-state index contributed by atoms with van der Waals surface area (Å²) in [6.45, 7) is 1.22. The highest BCUT2D eigenvalue weighted by Gasteiger charge is 2.34. The van der Waals surface area contributed by atoms with Crippen molar-refractivity contribution in [3.63, 3.8) is 0 Å². The monoisotopic (exact) mass is 439 g/mol. The van der Waals surface area contributed by atoms with Gasteiger partial charge in [0.05, 0.1) is 31.0 Å². The molecule has 4 heterocycles. The van der Waals surface area contributed by atoms with Crippen molar-refractivity contribution in [3.8, 4) is 5.88 Å². The van der Waals surface area contributed by atoms with E-state index < -0.39 is 0 Å². The van der Waals surface area contributed by atoms with Crippen LogP contribution >= 0.6 is 0 Å². The molecule has 1 saturated carbocycles. The number of amides is 1. The third kappa shape index (κ3) is 3.92. The number of carbonyl (C=O) groups excluding carboxylic acids is 1. The van der Waals surface area contributed by atoms with Gasteiger partial charge in [-0.25, -0.2) is 19.3 Å². The zero-order valence-electron chi connectivity index (χ0n) is 17.9. The van der Waals surface area contributed by atoms with E-state index >= 15 is 0 Å². The van der Waals surface area contributed by atoms with Crippen LogP contribution in [0.15, 0.2) is 24.5 Å². The Kier molecular flexibility index (Phi) is 5.50. The average molecular weight is 439 g/mol. The maximum absolute atomic E-state index is 12.9. The summed E-state index contributed by atoms with van der Waals surface area (Å²) in [6, 6.07) is 5.24. The maximum atomic E-state index is 12.9. The molecule has 1 aliphatic heterocycles. The first-order valence-corrected chi connectivity index (χ1v) is 10.5. The highest BCUT2D eigenvalue weighted by Crippen LogP contribution is 2.29. The van der Waals surface area contributed by atoms with Gasteiger partial charge in [-0.15, -0.1) is 0 Å². The van der Waals surface area contributed by atoms with Crippen LogP contribution in [-0.4, -0.2) is 65.1 Å². The molecule has 0 spiro atoms. The van der Waals surface area contributed by atoms with Crippen LogP contribution < -0.4 is 20.7 Å². The molecule has 11 nitrogen and oxygen atoms in total. The first-order valence-electron chi connectivity index (χ1n) is 10.5. The highest BCUT2D eigenvalue weighted by atomic mass is 16.5. The number of carbonyl (C=O) groups is 1. The Balaban J connectivity index is 1.57. The van der Waals surface area contributed by atoms with Gasteiger partial charge in [-0.3, -0.25) is 0 Å². The molecule has 0 aromatic carbocycles. The fraction of sp³-hybridized carbons (Fsp3) is 0.429. The van der Waals surface area contributed by atoms with Gasteiger partial charge in [-0.05, 0) is 24.5 Å².